The molecule has 1 aliphatic heterocycles. The van der Waals surface area contributed by atoms with Gasteiger partial charge >= 0.3 is 5.97 Å². The van der Waals surface area contributed by atoms with Crippen LogP contribution in [0, 0.1) is 0 Å². The largest absolute Gasteiger partial charge is 0.467 e. The molecule has 0 aliphatic carbocycles. The fraction of sp³-hybridized carbons (Fsp3) is 0.625. The van der Waals surface area contributed by atoms with Gasteiger partial charge in [-0.15, -0.1) is 0 Å². The van der Waals surface area contributed by atoms with Gasteiger partial charge in [0.05, 0.1) is 7.11 Å². The molecule has 0 fully saturated rings. The van der Waals surface area contributed by atoms with Crippen LogP contribution >= 0.6 is 0 Å². The molecule has 0 N–H and O–H groups in total. The molecule has 0 amide bonds. The van der Waals surface area contributed by atoms with Gasteiger partial charge in [-0.25, -0.2) is 14.5 Å². The van der Waals surface area contributed by atoms with Crippen LogP contribution in [0.4, 0.5) is 0 Å². The highest BCUT2D eigenvalue weighted by Gasteiger charge is 2.27. The number of aromatic nitrogens is 3. The molecule has 1 aliphatic rings. The van der Waals surface area contributed by atoms with E-state index in [9.17, 15) is 4.79 Å². The van der Waals surface area contributed by atoms with Gasteiger partial charge in [0.15, 0.2) is 6.04 Å². The number of nitrogens with zero attached hydrogens (tertiary/aromatic N) is 3. The quantitative estimate of drug-likeness (QED) is 0.586. The van der Waals surface area contributed by atoms with Crippen LogP contribution in [0.3, 0.4) is 0 Å². The molecule has 5 heteroatoms. The number of carbonyl (C=O) groups excluding carboxylic acids is 1. The predicted octanol–water partition coefficient (Wildman–Crippen LogP) is 0.328. The van der Waals surface area contributed by atoms with Crippen LogP contribution in [0.15, 0.2) is 6.33 Å². The summed E-state index contributed by atoms with van der Waals surface area (Å²) < 4.78 is 6.35. The fourth-order valence-electron chi connectivity index (χ4n) is 1.64. The molecule has 0 spiro atoms. The zero-order chi connectivity index (χ0) is 9.26. The van der Waals surface area contributed by atoms with Crippen LogP contribution in [0.1, 0.15) is 24.7 Å². The third-order valence-corrected chi connectivity index (χ3v) is 2.29. The topological polar surface area (TPSA) is 57.0 Å². The Kier molecular flexibility index (Phi) is 2.00. The van der Waals surface area contributed by atoms with E-state index in [4.69, 9.17) is 0 Å². The van der Waals surface area contributed by atoms with E-state index in [1.807, 2.05) is 0 Å². The minimum atomic E-state index is -0.267. The first-order valence-electron chi connectivity index (χ1n) is 4.29. The highest BCUT2D eigenvalue weighted by atomic mass is 16.5. The first-order valence-corrected chi connectivity index (χ1v) is 4.29. The van der Waals surface area contributed by atoms with Gasteiger partial charge in [0.2, 0.25) is 0 Å². The Morgan fingerprint density at radius 3 is 3.38 bits per heavy atom. The van der Waals surface area contributed by atoms with Crippen LogP contribution in [0.25, 0.3) is 0 Å². The lowest BCUT2D eigenvalue weighted by Crippen LogP contribution is -2.27. The molecule has 0 saturated carbocycles. The summed E-state index contributed by atoms with van der Waals surface area (Å²) in [6, 6.07) is -0.267. The molecule has 2 rings (SSSR count). The predicted molar refractivity (Wildman–Crippen MR) is 44.0 cm³/mol. The van der Waals surface area contributed by atoms with E-state index in [-0.39, 0.29) is 12.0 Å². The molecule has 1 atom stereocenters. The van der Waals surface area contributed by atoms with E-state index < -0.39 is 0 Å². The van der Waals surface area contributed by atoms with E-state index in [0.717, 1.165) is 25.1 Å². The Bertz CT molecular complexity index is 321. The molecule has 13 heavy (non-hydrogen) atoms. The monoisotopic (exact) mass is 181 g/mol. The summed E-state index contributed by atoms with van der Waals surface area (Å²) in [6.45, 7) is 0. The van der Waals surface area contributed by atoms with E-state index in [1.54, 1.807) is 4.68 Å². The lowest BCUT2D eigenvalue weighted by Gasteiger charge is -2.20. The zero-order valence-corrected chi connectivity index (χ0v) is 7.43. The zero-order valence-electron chi connectivity index (χ0n) is 7.43. The number of ether oxygens (including phenoxy) is 1. The second kappa shape index (κ2) is 3.16. The third kappa shape index (κ3) is 1.30. The number of hydrogen-bond acceptors (Lipinski definition) is 4. The lowest BCUT2D eigenvalue weighted by atomic mass is 10.1. The Balaban J connectivity index is 2.30. The van der Waals surface area contributed by atoms with Crippen molar-refractivity contribution in [1.29, 1.82) is 0 Å². The minimum absolute atomic E-state index is 0.230. The van der Waals surface area contributed by atoms with E-state index >= 15 is 0 Å². The molecule has 1 aromatic heterocycles. The van der Waals surface area contributed by atoms with Crippen LogP contribution in [0.5, 0.6) is 0 Å². The van der Waals surface area contributed by atoms with Crippen LogP contribution < -0.4 is 0 Å². The molecular weight excluding hydrogens is 170 g/mol. The number of aryl methyl sites for hydroxylation is 1. The van der Waals surface area contributed by atoms with Crippen molar-refractivity contribution in [3.63, 3.8) is 0 Å². The number of fused-ring (bicyclic) bond motifs is 1. The molecule has 70 valence electrons. The minimum Gasteiger partial charge on any atom is -0.467 e. The Morgan fingerprint density at radius 2 is 2.62 bits per heavy atom. The van der Waals surface area contributed by atoms with Gasteiger partial charge < -0.3 is 4.74 Å². The molecular formula is C8H11N3O2. The highest BCUT2D eigenvalue weighted by Crippen LogP contribution is 2.22. The van der Waals surface area contributed by atoms with Gasteiger partial charge in [-0.05, 0) is 12.8 Å². The molecule has 1 aromatic rings. The molecule has 5 nitrogen and oxygen atoms in total. The van der Waals surface area contributed by atoms with Crippen molar-refractivity contribution in [2.45, 2.75) is 25.3 Å². The van der Waals surface area contributed by atoms with Gasteiger partial charge in [-0.3, -0.25) is 0 Å². The van der Waals surface area contributed by atoms with E-state index in [2.05, 4.69) is 14.8 Å². The standard InChI is InChI=1S/C8H11N3O2/c1-13-8(12)6-3-2-4-7-9-5-10-11(6)7/h5-6H,2-4H2,1H3. The lowest BCUT2D eigenvalue weighted by molar-refractivity contribution is -0.145. The van der Waals surface area contributed by atoms with Gasteiger partial charge in [-0.2, -0.15) is 5.10 Å². The van der Waals surface area contributed by atoms with Crippen molar-refractivity contribution < 1.29 is 9.53 Å². The molecule has 0 radical (unpaired) electrons. The maximum atomic E-state index is 11.3. The number of esters is 1. The van der Waals surface area contributed by atoms with Crippen molar-refractivity contribution >= 4 is 5.97 Å². The number of hydrogen-bond donors (Lipinski definition) is 0. The summed E-state index contributed by atoms with van der Waals surface area (Å²) >= 11 is 0. The summed E-state index contributed by atoms with van der Waals surface area (Å²) in [7, 11) is 1.40. The summed E-state index contributed by atoms with van der Waals surface area (Å²) in [5.74, 6) is 0.646. The van der Waals surface area contributed by atoms with Crippen molar-refractivity contribution in [3.05, 3.63) is 12.2 Å². The molecule has 2 heterocycles. The van der Waals surface area contributed by atoms with Crippen LogP contribution in [-0.2, 0) is 16.0 Å². The first-order chi connectivity index (χ1) is 6.33. The normalized spacial score (nSPS) is 20.8. The number of rotatable bonds is 1. The third-order valence-electron chi connectivity index (χ3n) is 2.29. The van der Waals surface area contributed by atoms with Gasteiger partial charge in [0, 0.05) is 6.42 Å². The summed E-state index contributed by atoms with van der Waals surface area (Å²) in [4.78, 5) is 15.4. The van der Waals surface area contributed by atoms with Crippen LogP contribution in [-0.4, -0.2) is 27.8 Å². The van der Waals surface area contributed by atoms with Crippen molar-refractivity contribution in [1.82, 2.24) is 14.8 Å². The maximum Gasteiger partial charge on any atom is 0.330 e. The fourth-order valence-corrected chi connectivity index (χ4v) is 1.64. The average Bonchev–Trinajstić information content (AvgIpc) is 2.63. The van der Waals surface area contributed by atoms with Gasteiger partial charge in [0.25, 0.3) is 0 Å². The molecule has 1 unspecified atom stereocenters. The molecule has 0 saturated heterocycles. The summed E-state index contributed by atoms with van der Waals surface area (Å²) in [6.07, 6.45) is 4.14. The number of carbonyl (C=O) groups is 1. The first kappa shape index (κ1) is 8.22. The number of methoxy groups -OCH3 is 1. The SMILES string of the molecule is COC(=O)C1CCCc2ncnn21. The highest BCUT2D eigenvalue weighted by molar-refractivity contribution is 5.74. The molecule has 0 aromatic carbocycles. The van der Waals surface area contributed by atoms with E-state index in [0.29, 0.717) is 0 Å². The van der Waals surface area contributed by atoms with Crippen molar-refractivity contribution in [3.8, 4) is 0 Å². The average molecular weight is 181 g/mol. The van der Waals surface area contributed by atoms with Gasteiger partial charge in [0.1, 0.15) is 12.2 Å². The Morgan fingerprint density at radius 1 is 1.77 bits per heavy atom. The van der Waals surface area contributed by atoms with Gasteiger partial charge in [-0.1, -0.05) is 0 Å². The molecule has 0 bridgehead atoms. The summed E-state index contributed by atoms with van der Waals surface area (Å²) in [5.41, 5.74) is 0. The Hall–Kier alpha value is -1.39. The smallest absolute Gasteiger partial charge is 0.330 e. The van der Waals surface area contributed by atoms with Crippen molar-refractivity contribution in [2.24, 2.45) is 0 Å². The second-order valence-corrected chi connectivity index (χ2v) is 3.05. The van der Waals surface area contributed by atoms with Crippen molar-refractivity contribution in [2.75, 3.05) is 7.11 Å². The van der Waals surface area contributed by atoms with E-state index in [1.165, 1.54) is 13.4 Å². The van der Waals surface area contributed by atoms with Crippen LogP contribution in [0.2, 0.25) is 0 Å². The second-order valence-electron chi connectivity index (χ2n) is 3.05. The maximum absolute atomic E-state index is 11.3. The Labute approximate surface area is 75.7 Å². The summed E-state index contributed by atoms with van der Waals surface area (Å²) in [5, 5.41) is 4.01.